The molecule has 100 valence electrons. The molecule has 18 heavy (non-hydrogen) atoms. The Bertz CT molecular complexity index is 541. The van der Waals surface area contributed by atoms with E-state index in [1.54, 1.807) is 24.3 Å². The number of hydrogen-bond acceptors (Lipinski definition) is 2. The number of rotatable bonds is 5. The van der Waals surface area contributed by atoms with Crippen molar-refractivity contribution in [1.29, 1.82) is 0 Å². The van der Waals surface area contributed by atoms with Gasteiger partial charge in [0, 0.05) is 21.5 Å². The Hall–Kier alpha value is -0.170. The molecule has 0 fully saturated rings. The van der Waals surface area contributed by atoms with Gasteiger partial charge in [-0.25, -0.2) is 8.42 Å². The Balaban J connectivity index is 3.35. The maximum Gasteiger partial charge on any atom is 0.244 e. The molecule has 0 unspecified atom stereocenters. The predicted octanol–water partition coefficient (Wildman–Crippen LogP) is 3.80. The first-order chi connectivity index (χ1) is 8.30. The van der Waals surface area contributed by atoms with Crippen molar-refractivity contribution < 1.29 is 8.42 Å². The van der Waals surface area contributed by atoms with Gasteiger partial charge in [-0.05, 0) is 48.0 Å². The number of halogens is 2. The summed E-state index contributed by atoms with van der Waals surface area (Å²) in [5.74, 6) is 0. The predicted molar refractivity (Wildman–Crippen MR) is 81.1 cm³/mol. The van der Waals surface area contributed by atoms with Crippen LogP contribution in [0.5, 0.6) is 0 Å². The second kappa shape index (κ2) is 6.32. The molecular weight excluding hydrogens is 382 g/mol. The molecule has 1 rings (SSSR count). The summed E-state index contributed by atoms with van der Waals surface area (Å²) in [6, 6.07) is 4.97. The minimum Gasteiger partial charge on any atom is -0.207 e. The summed E-state index contributed by atoms with van der Waals surface area (Å²) in [5.41, 5.74) is 0. The second-order valence-corrected chi connectivity index (χ2v) is 7.66. The zero-order chi connectivity index (χ0) is 13.9. The minimum atomic E-state index is -3.53. The van der Waals surface area contributed by atoms with Gasteiger partial charge in [0.05, 0.1) is 4.90 Å². The Morgan fingerprint density at radius 1 is 1.39 bits per heavy atom. The summed E-state index contributed by atoms with van der Waals surface area (Å²) in [7, 11) is -3.53. The van der Waals surface area contributed by atoms with E-state index in [2.05, 4.69) is 38.4 Å². The second-order valence-electron chi connectivity index (χ2n) is 4.03. The SMILES string of the molecule is C=CCN(C(C)C)S(=O)(=O)c1cc(Br)ccc1Br. The smallest absolute Gasteiger partial charge is 0.207 e. The zero-order valence-electron chi connectivity index (χ0n) is 10.2. The maximum absolute atomic E-state index is 12.6. The van der Waals surface area contributed by atoms with Gasteiger partial charge in [-0.1, -0.05) is 22.0 Å². The van der Waals surface area contributed by atoms with E-state index in [1.165, 1.54) is 4.31 Å². The van der Waals surface area contributed by atoms with E-state index in [9.17, 15) is 8.42 Å². The van der Waals surface area contributed by atoms with Gasteiger partial charge in [-0.3, -0.25) is 0 Å². The third-order valence-corrected chi connectivity index (χ3v) is 5.89. The minimum absolute atomic E-state index is 0.126. The van der Waals surface area contributed by atoms with Crippen molar-refractivity contribution >= 4 is 41.9 Å². The molecule has 0 N–H and O–H groups in total. The third-order valence-electron chi connectivity index (χ3n) is 2.36. The monoisotopic (exact) mass is 395 g/mol. The molecule has 0 aromatic heterocycles. The highest BCUT2D eigenvalue weighted by atomic mass is 79.9. The molecule has 0 bridgehead atoms. The molecule has 0 spiro atoms. The molecular formula is C12H15Br2NO2S. The van der Waals surface area contributed by atoms with E-state index < -0.39 is 10.0 Å². The molecule has 0 atom stereocenters. The molecule has 0 amide bonds. The molecule has 0 saturated heterocycles. The fraction of sp³-hybridized carbons (Fsp3) is 0.333. The lowest BCUT2D eigenvalue weighted by Crippen LogP contribution is -2.37. The molecule has 1 aromatic rings. The molecule has 0 heterocycles. The van der Waals surface area contributed by atoms with Crippen molar-refractivity contribution in [3.8, 4) is 0 Å². The molecule has 1 aromatic carbocycles. The first-order valence-electron chi connectivity index (χ1n) is 5.38. The van der Waals surface area contributed by atoms with E-state index in [0.29, 0.717) is 11.0 Å². The summed E-state index contributed by atoms with van der Waals surface area (Å²) in [5, 5.41) is 0. The van der Waals surface area contributed by atoms with Gasteiger partial charge >= 0.3 is 0 Å². The van der Waals surface area contributed by atoms with Gasteiger partial charge < -0.3 is 0 Å². The van der Waals surface area contributed by atoms with E-state index in [4.69, 9.17) is 0 Å². The summed E-state index contributed by atoms with van der Waals surface area (Å²) >= 11 is 6.57. The van der Waals surface area contributed by atoms with Gasteiger partial charge in [0.1, 0.15) is 0 Å². The third kappa shape index (κ3) is 3.44. The standard InChI is InChI=1S/C12H15Br2NO2S/c1-4-7-15(9(2)3)18(16,17)12-8-10(13)5-6-11(12)14/h4-6,8-9H,1,7H2,2-3H3. The average molecular weight is 397 g/mol. The van der Waals surface area contributed by atoms with Crippen LogP contribution in [0.25, 0.3) is 0 Å². The Kier molecular flexibility index (Phi) is 5.58. The van der Waals surface area contributed by atoms with E-state index in [1.807, 2.05) is 13.8 Å². The molecule has 0 radical (unpaired) electrons. The summed E-state index contributed by atoms with van der Waals surface area (Å²) in [4.78, 5) is 0.257. The van der Waals surface area contributed by atoms with Crippen molar-refractivity contribution in [2.75, 3.05) is 6.54 Å². The lowest BCUT2D eigenvalue weighted by Gasteiger charge is -2.25. The van der Waals surface area contributed by atoms with Crippen LogP contribution in [0.3, 0.4) is 0 Å². The van der Waals surface area contributed by atoms with Crippen molar-refractivity contribution in [1.82, 2.24) is 4.31 Å². The summed E-state index contributed by atoms with van der Waals surface area (Å²) < 4.78 is 27.8. The van der Waals surface area contributed by atoms with E-state index in [-0.39, 0.29) is 10.9 Å². The van der Waals surface area contributed by atoms with Gasteiger partial charge in [0.15, 0.2) is 0 Å². The average Bonchev–Trinajstić information content (AvgIpc) is 2.28. The lowest BCUT2D eigenvalue weighted by molar-refractivity contribution is 0.382. The first kappa shape index (κ1) is 15.9. The maximum atomic E-state index is 12.6. The largest absolute Gasteiger partial charge is 0.244 e. The zero-order valence-corrected chi connectivity index (χ0v) is 14.2. The Labute approximate surface area is 125 Å². The van der Waals surface area contributed by atoms with Crippen LogP contribution < -0.4 is 0 Å². The van der Waals surface area contributed by atoms with Crippen LogP contribution >= 0.6 is 31.9 Å². The molecule has 0 aliphatic rings. The molecule has 0 saturated carbocycles. The van der Waals surface area contributed by atoms with E-state index in [0.717, 1.165) is 4.47 Å². The fourth-order valence-corrected chi connectivity index (χ4v) is 4.59. The summed E-state index contributed by atoms with van der Waals surface area (Å²) in [6.45, 7) is 7.57. The summed E-state index contributed by atoms with van der Waals surface area (Å²) in [6.07, 6.45) is 1.59. The topological polar surface area (TPSA) is 37.4 Å². The molecule has 0 aliphatic heterocycles. The van der Waals surface area contributed by atoms with Gasteiger partial charge in [0.25, 0.3) is 0 Å². The van der Waals surface area contributed by atoms with Gasteiger partial charge in [0.2, 0.25) is 10.0 Å². The molecule has 0 aliphatic carbocycles. The van der Waals surface area contributed by atoms with Gasteiger partial charge in [-0.2, -0.15) is 4.31 Å². The van der Waals surface area contributed by atoms with Crippen molar-refractivity contribution in [2.45, 2.75) is 24.8 Å². The number of nitrogens with zero attached hydrogens (tertiary/aromatic N) is 1. The van der Waals surface area contributed by atoms with Crippen molar-refractivity contribution in [3.63, 3.8) is 0 Å². The van der Waals surface area contributed by atoms with Crippen LogP contribution in [0, 0.1) is 0 Å². The van der Waals surface area contributed by atoms with Crippen LogP contribution in [0.1, 0.15) is 13.8 Å². The first-order valence-corrected chi connectivity index (χ1v) is 8.41. The van der Waals surface area contributed by atoms with Crippen LogP contribution in [0.4, 0.5) is 0 Å². The van der Waals surface area contributed by atoms with Crippen LogP contribution in [-0.2, 0) is 10.0 Å². The van der Waals surface area contributed by atoms with Crippen LogP contribution in [0.15, 0.2) is 44.7 Å². The fourth-order valence-electron chi connectivity index (χ4n) is 1.51. The highest BCUT2D eigenvalue weighted by molar-refractivity contribution is 9.11. The quantitative estimate of drug-likeness (QED) is 0.710. The lowest BCUT2D eigenvalue weighted by atomic mass is 10.4. The van der Waals surface area contributed by atoms with Crippen molar-refractivity contribution in [3.05, 3.63) is 39.8 Å². The van der Waals surface area contributed by atoms with Crippen LogP contribution in [-0.4, -0.2) is 25.3 Å². The number of hydrogen-bond donors (Lipinski definition) is 0. The van der Waals surface area contributed by atoms with Crippen molar-refractivity contribution in [2.24, 2.45) is 0 Å². The normalized spacial score (nSPS) is 12.1. The molecule has 3 nitrogen and oxygen atoms in total. The number of sulfonamides is 1. The Morgan fingerprint density at radius 3 is 2.50 bits per heavy atom. The van der Waals surface area contributed by atoms with E-state index >= 15 is 0 Å². The van der Waals surface area contributed by atoms with Crippen LogP contribution in [0.2, 0.25) is 0 Å². The highest BCUT2D eigenvalue weighted by Gasteiger charge is 2.27. The highest BCUT2D eigenvalue weighted by Crippen LogP contribution is 2.29. The Morgan fingerprint density at radius 2 is 2.00 bits per heavy atom. The molecule has 6 heteroatoms. The number of benzene rings is 1. The van der Waals surface area contributed by atoms with Gasteiger partial charge in [-0.15, -0.1) is 6.58 Å².